The van der Waals surface area contributed by atoms with Crippen molar-refractivity contribution in [2.45, 2.75) is 31.3 Å². The Kier molecular flexibility index (Phi) is 7.32. The highest BCUT2D eigenvalue weighted by Crippen LogP contribution is 2.34. The lowest BCUT2D eigenvalue weighted by molar-refractivity contribution is -0.144. The third-order valence-electron chi connectivity index (χ3n) is 5.77. The van der Waals surface area contributed by atoms with E-state index in [2.05, 4.69) is 4.72 Å². The second-order valence-corrected chi connectivity index (χ2v) is 9.84. The quantitative estimate of drug-likeness (QED) is 0.264. The first-order valence-corrected chi connectivity index (χ1v) is 12.9. The van der Waals surface area contributed by atoms with E-state index in [0.717, 1.165) is 28.6 Å². The normalized spacial score (nSPS) is 12.4. The first kappa shape index (κ1) is 25.3. The number of nitrogens with zero attached hydrogens (tertiary/aromatic N) is 1. The molecule has 1 heterocycles. The van der Waals surface area contributed by atoms with Crippen molar-refractivity contribution in [1.29, 1.82) is 0 Å². The summed E-state index contributed by atoms with van der Waals surface area (Å²) in [5.74, 6) is -2.32. The zero-order valence-corrected chi connectivity index (χ0v) is 20.6. The van der Waals surface area contributed by atoms with Crippen LogP contribution in [0.5, 0.6) is 0 Å². The maximum absolute atomic E-state index is 13.9. The fourth-order valence-electron chi connectivity index (χ4n) is 4.15. The van der Waals surface area contributed by atoms with Crippen LogP contribution >= 0.6 is 0 Å². The number of rotatable bonds is 9. The fraction of sp³-hybridized carbons (Fsp3) is 0.185. The molecule has 0 fully saturated rings. The Labute approximate surface area is 208 Å². The number of esters is 1. The molecule has 1 atom stereocenters. The second kappa shape index (κ2) is 10.4. The van der Waals surface area contributed by atoms with Crippen molar-refractivity contribution in [1.82, 2.24) is 9.29 Å². The highest BCUT2D eigenvalue weighted by molar-refractivity contribution is 7.89. The average molecular weight is 509 g/mol. The van der Waals surface area contributed by atoms with Crippen LogP contribution in [-0.2, 0) is 26.1 Å². The van der Waals surface area contributed by atoms with Gasteiger partial charge in [-0.2, -0.15) is 4.72 Å². The molecule has 4 aromatic rings. The van der Waals surface area contributed by atoms with Gasteiger partial charge in [0.2, 0.25) is 15.8 Å². The van der Waals surface area contributed by atoms with Gasteiger partial charge < -0.3 is 9.30 Å². The third-order valence-corrected chi connectivity index (χ3v) is 7.34. The Morgan fingerprint density at radius 3 is 2.31 bits per heavy atom. The Morgan fingerprint density at radius 1 is 0.972 bits per heavy atom. The first-order chi connectivity index (χ1) is 17.2. The highest BCUT2D eigenvalue weighted by atomic mass is 32.2. The van der Waals surface area contributed by atoms with E-state index >= 15 is 0 Å². The smallest absolute Gasteiger partial charge is 0.324 e. The van der Waals surface area contributed by atoms with E-state index < -0.39 is 45.1 Å². The van der Waals surface area contributed by atoms with Gasteiger partial charge in [-0.25, -0.2) is 12.8 Å². The van der Waals surface area contributed by atoms with Gasteiger partial charge >= 0.3 is 5.97 Å². The van der Waals surface area contributed by atoms with E-state index in [4.69, 9.17) is 4.74 Å². The van der Waals surface area contributed by atoms with Gasteiger partial charge in [0.15, 0.2) is 6.61 Å². The van der Waals surface area contributed by atoms with Gasteiger partial charge in [-0.05, 0) is 37.6 Å². The number of fused-ring (bicyclic) bond motifs is 1. The van der Waals surface area contributed by atoms with Crippen LogP contribution in [-0.4, -0.2) is 37.4 Å². The summed E-state index contributed by atoms with van der Waals surface area (Å²) in [5, 5.41) is 0.729. The van der Waals surface area contributed by atoms with Crippen LogP contribution in [0.1, 0.15) is 24.2 Å². The number of Topliss-reactive ketones (excluding diaryl/α,β-unsaturated/α-hetero) is 1. The van der Waals surface area contributed by atoms with E-state index in [-0.39, 0.29) is 0 Å². The number of ether oxygens (including phenoxy) is 1. The molecule has 0 aliphatic rings. The average Bonchev–Trinajstić information content (AvgIpc) is 3.22. The topological polar surface area (TPSA) is 94.5 Å². The largest absolute Gasteiger partial charge is 0.456 e. The minimum atomic E-state index is -4.31. The Hall–Kier alpha value is -3.82. The van der Waals surface area contributed by atoms with Crippen molar-refractivity contribution in [3.8, 4) is 11.3 Å². The standard InChI is InChI=1S/C27H25FN2O5S/c1-3-30-22-15-9-7-13-20(22)25(26(30)19-11-5-4-6-12-19)23(31)17-35-27(32)18(2)29-36(33,34)24-16-10-8-14-21(24)28/h4-16,18,29H,3,17H2,1-2H3/t18-/m1/s1. The number of para-hydroxylation sites is 1. The van der Waals surface area contributed by atoms with Gasteiger partial charge in [0.1, 0.15) is 16.8 Å². The number of carbonyl (C=O) groups excluding carboxylic acids is 2. The molecule has 0 spiro atoms. The first-order valence-electron chi connectivity index (χ1n) is 11.4. The number of halogens is 1. The molecular weight excluding hydrogens is 483 g/mol. The molecule has 0 aliphatic heterocycles. The molecule has 186 valence electrons. The Morgan fingerprint density at radius 2 is 1.61 bits per heavy atom. The summed E-state index contributed by atoms with van der Waals surface area (Å²) < 4.78 is 48.2. The van der Waals surface area contributed by atoms with E-state index in [1.165, 1.54) is 19.1 Å². The summed E-state index contributed by atoms with van der Waals surface area (Å²) in [7, 11) is -4.31. The third kappa shape index (κ3) is 4.93. The Balaban J connectivity index is 1.57. The number of aromatic nitrogens is 1. The van der Waals surface area contributed by atoms with Gasteiger partial charge in [-0.3, -0.25) is 9.59 Å². The molecule has 0 radical (unpaired) electrons. The summed E-state index contributed by atoms with van der Waals surface area (Å²) >= 11 is 0. The number of ketones is 1. The maximum atomic E-state index is 13.9. The molecule has 1 N–H and O–H groups in total. The van der Waals surface area contributed by atoms with E-state index in [1.807, 2.05) is 66.1 Å². The number of hydrogen-bond donors (Lipinski definition) is 1. The summed E-state index contributed by atoms with van der Waals surface area (Å²) in [6.07, 6.45) is 0. The minimum Gasteiger partial charge on any atom is -0.456 e. The SMILES string of the molecule is CCn1c(-c2ccccc2)c(C(=O)COC(=O)[C@@H](C)NS(=O)(=O)c2ccccc2F)c2ccccc21. The van der Waals surface area contributed by atoms with Crippen LogP contribution in [0.3, 0.4) is 0 Å². The van der Waals surface area contributed by atoms with Crippen LogP contribution in [0.25, 0.3) is 22.2 Å². The summed E-state index contributed by atoms with van der Waals surface area (Å²) in [5.41, 5.74) is 2.86. The van der Waals surface area contributed by atoms with E-state index in [0.29, 0.717) is 17.8 Å². The van der Waals surface area contributed by atoms with Crippen LogP contribution in [0.15, 0.2) is 83.8 Å². The van der Waals surface area contributed by atoms with E-state index in [1.54, 1.807) is 0 Å². The molecule has 4 rings (SSSR count). The van der Waals surface area contributed by atoms with Gasteiger partial charge in [0.05, 0.1) is 11.3 Å². The van der Waals surface area contributed by atoms with Crippen LogP contribution in [0.4, 0.5) is 4.39 Å². The molecule has 9 heteroatoms. The number of nitrogens with one attached hydrogen (secondary N) is 1. The number of carbonyl (C=O) groups is 2. The molecule has 0 bridgehead atoms. The molecule has 36 heavy (non-hydrogen) atoms. The molecule has 1 aromatic heterocycles. The molecule has 0 saturated heterocycles. The van der Waals surface area contributed by atoms with Gasteiger partial charge in [0.25, 0.3) is 0 Å². The van der Waals surface area contributed by atoms with Crippen molar-refractivity contribution < 1.29 is 27.1 Å². The summed E-state index contributed by atoms with van der Waals surface area (Å²) in [6.45, 7) is 3.29. The van der Waals surface area contributed by atoms with Crippen LogP contribution < -0.4 is 4.72 Å². The monoisotopic (exact) mass is 508 g/mol. The molecule has 3 aromatic carbocycles. The summed E-state index contributed by atoms with van der Waals surface area (Å²) in [6, 6.07) is 20.4. The molecule has 0 aliphatic carbocycles. The number of hydrogen-bond acceptors (Lipinski definition) is 5. The lowest BCUT2D eigenvalue weighted by atomic mass is 10.0. The fourth-order valence-corrected chi connectivity index (χ4v) is 5.42. The molecular formula is C27H25FN2O5S. The van der Waals surface area contributed by atoms with Crippen molar-refractivity contribution in [2.75, 3.05) is 6.61 Å². The lowest BCUT2D eigenvalue weighted by Gasteiger charge is -2.14. The highest BCUT2D eigenvalue weighted by Gasteiger charge is 2.28. The van der Waals surface area contributed by atoms with Gasteiger partial charge in [-0.15, -0.1) is 0 Å². The van der Waals surface area contributed by atoms with E-state index in [9.17, 15) is 22.4 Å². The predicted molar refractivity (Wildman–Crippen MR) is 135 cm³/mol. The number of aryl methyl sites for hydroxylation is 1. The Bertz CT molecular complexity index is 1530. The summed E-state index contributed by atoms with van der Waals surface area (Å²) in [4.78, 5) is 25.4. The number of sulfonamides is 1. The molecule has 0 unspecified atom stereocenters. The molecule has 7 nitrogen and oxygen atoms in total. The molecule has 0 saturated carbocycles. The predicted octanol–water partition coefficient (Wildman–Crippen LogP) is 4.56. The molecule has 0 amide bonds. The van der Waals surface area contributed by atoms with Gasteiger partial charge in [-0.1, -0.05) is 60.7 Å². The zero-order chi connectivity index (χ0) is 25.9. The van der Waals surface area contributed by atoms with Crippen LogP contribution in [0.2, 0.25) is 0 Å². The van der Waals surface area contributed by atoms with Crippen LogP contribution in [0, 0.1) is 5.82 Å². The second-order valence-electron chi connectivity index (χ2n) is 8.16. The number of benzene rings is 3. The maximum Gasteiger partial charge on any atom is 0.324 e. The minimum absolute atomic E-state index is 0.422. The van der Waals surface area contributed by atoms with Crippen molar-refractivity contribution in [2.24, 2.45) is 0 Å². The zero-order valence-electron chi connectivity index (χ0n) is 19.8. The van der Waals surface area contributed by atoms with Gasteiger partial charge in [0, 0.05) is 17.4 Å². The van der Waals surface area contributed by atoms with Crippen molar-refractivity contribution >= 4 is 32.7 Å². The van der Waals surface area contributed by atoms with Crippen molar-refractivity contribution in [3.05, 3.63) is 90.2 Å². The van der Waals surface area contributed by atoms with Crippen molar-refractivity contribution in [3.63, 3.8) is 0 Å². The lowest BCUT2D eigenvalue weighted by Crippen LogP contribution is -2.40.